The van der Waals surface area contributed by atoms with Crippen LogP contribution in [0.1, 0.15) is 15.9 Å². The number of rotatable bonds is 5. The molecule has 0 atom stereocenters. The van der Waals surface area contributed by atoms with Gasteiger partial charge in [0.05, 0.1) is 37.6 Å². The highest BCUT2D eigenvalue weighted by Crippen LogP contribution is 2.35. The van der Waals surface area contributed by atoms with E-state index in [0.717, 1.165) is 5.56 Å². The van der Waals surface area contributed by atoms with Gasteiger partial charge in [-0.1, -0.05) is 17.7 Å². The zero-order valence-electron chi connectivity index (χ0n) is 13.4. The van der Waals surface area contributed by atoms with Crippen molar-refractivity contribution < 1.29 is 19.0 Å². The quantitative estimate of drug-likeness (QED) is 0.899. The maximum absolute atomic E-state index is 12.6. The smallest absolute Gasteiger partial charge is 0.259 e. The Morgan fingerprint density at radius 3 is 2.13 bits per heavy atom. The molecule has 1 amide bonds. The lowest BCUT2D eigenvalue weighted by Gasteiger charge is -2.14. The number of hydrogen-bond donors (Lipinski definition) is 1. The third kappa shape index (κ3) is 3.68. The van der Waals surface area contributed by atoms with Crippen molar-refractivity contribution in [3.05, 3.63) is 46.5 Å². The Labute approximate surface area is 140 Å². The Hall–Kier alpha value is -2.40. The van der Waals surface area contributed by atoms with Crippen molar-refractivity contribution in [1.29, 1.82) is 0 Å². The van der Waals surface area contributed by atoms with Crippen LogP contribution in [-0.2, 0) is 0 Å². The number of benzene rings is 2. The maximum atomic E-state index is 12.6. The van der Waals surface area contributed by atoms with Crippen LogP contribution in [0.4, 0.5) is 5.69 Å². The molecular formula is C17H18ClNO4. The van der Waals surface area contributed by atoms with Crippen molar-refractivity contribution in [1.82, 2.24) is 0 Å². The number of nitrogens with one attached hydrogen (secondary N) is 1. The third-order valence-corrected chi connectivity index (χ3v) is 3.64. The first-order valence-corrected chi connectivity index (χ1v) is 7.25. The highest BCUT2D eigenvalue weighted by molar-refractivity contribution is 6.34. The second-order valence-corrected chi connectivity index (χ2v) is 5.25. The van der Waals surface area contributed by atoms with Crippen LogP contribution in [0.2, 0.25) is 5.02 Å². The molecule has 5 nitrogen and oxygen atoms in total. The molecule has 2 rings (SSSR count). The summed E-state index contributed by atoms with van der Waals surface area (Å²) in [6, 6.07) is 8.57. The molecular weight excluding hydrogens is 318 g/mol. The number of ether oxygens (including phenoxy) is 3. The summed E-state index contributed by atoms with van der Waals surface area (Å²) in [6.07, 6.45) is 0. The van der Waals surface area contributed by atoms with Crippen LogP contribution in [0.15, 0.2) is 30.3 Å². The van der Waals surface area contributed by atoms with Crippen LogP contribution in [0.5, 0.6) is 17.2 Å². The Kier molecular flexibility index (Phi) is 5.34. The zero-order chi connectivity index (χ0) is 17.0. The monoisotopic (exact) mass is 335 g/mol. The van der Waals surface area contributed by atoms with Crippen molar-refractivity contribution in [2.24, 2.45) is 0 Å². The predicted octanol–water partition coefficient (Wildman–Crippen LogP) is 3.93. The molecule has 2 aromatic carbocycles. The fraction of sp³-hybridized carbons (Fsp3) is 0.235. The Morgan fingerprint density at radius 2 is 1.57 bits per heavy atom. The first-order valence-electron chi connectivity index (χ1n) is 6.87. The SMILES string of the molecule is COc1cc(OC)c(C(=O)Nc2ccc(C)cc2Cl)cc1OC. The second kappa shape index (κ2) is 7.24. The van der Waals surface area contributed by atoms with Gasteiger partial charge >= 0.3 is 0 Å². The first kappa shape index (κ1) is 17.0. The van der Waals surface area contributed by atoms with Gasteiger partial charge in [0.1, 0.15) is 5.75 Å². The molecule has 23 heavy (non-hydrogen) atoms. The molecule has 0 unspecified atom stereocenters. The summed E-state index contributed by atoms with van der Waals surface area (Å²) in [5.74, 6) is 0.944. The average Bonchev–Trinajstić information content (AvgIpc) is 2.55. The van der Waals surface area contributed by atoms with Crippen molar-refractivity contribution >= 4 is 23.2 Å². The predicted molar refractivity (Wildman–Crippen MR) is 90.2 cm³/mol. The molecule has 0 spiro atoms. The zero-order valence-corrected chi connectivity index (χ0v) is 14.2. The summed E-state index contributed by atoms with van der Waals surface area (Å²) in [5.41, 5.74) is 1.86. The molecule has 0 saturated carbocycles. The summed E-state index contributed by atoms with van der Waals surface area (Å²) >= 11 is 6.15. The summed E-state index contributed by atoms with van der Waals surface area (Å²) < 4.78 is 15.7. The lowest BCUT2D eigenvalue weighted by atomic mass is 10.1. The average molecular weight is 336 g/mol. The molecule has 0 heterocycles. The highest BCUT2D eigenvalue weighted by Gasteiger charge is 2.18. The highest BCUT2D eigenvalue weighted by atomic mass is 35.5. The van der Waals surface area contributed by atoms with E-state index >= 15 is 0 Å². The number of carbonyl (C=O) groups excluding carboxylic acids is 1. The van der Waals surface area contributed by atoms with Gasteiger partial charge in [-0.2, -0.15) is 0 Å². The number of carbonyl (C=O) groups is 1. The molecule has 0 saturated heterocycles. The van der Waals surface area contributed by atoms with E-state index in [2.05, 4.69) is 5.32 Å². The molecule has 6 heteroatoms. The molecule has 0 aliphatic carbocycles. The lowest BCUT2D eigenvalue weighted by Crippen LogP contribution is -2.14. The molecule has 0 aromatic heterocycles. The third-order valence-electron chi connectivity index (χ3n) is 3.32. The molecule has 0 radical (unpaired) electrons. The Morgan fingerprint density at radius 1 is 0.957 bits per heavy atom. The van der Waals surface area contributed by atoms with Gasteiger partial charge in [0.2, 0.25) is 0 Å². The van der Waals surface area contributed by atoms with Gasteiger partial charge in [0, 0.05) is 12.1 Å². The number of hydrogen-bond acceptors (Lipinski definition) is 4. The summed E-state index contributed by atoms with van der Waals surface area (Å²) in [5, 5.41) is 3.24. The summed E-state index contributed by atoms with van der Waals surface area (Å²) in [4.78, 5) is 12.6. The van der Waals surface area contributed by atoms with Gasteiger partial charge in [-0.3, -0.25) is 4.79 Å². The van der Waals surface area contributed by atoms with Crippen molar-refractivity contribution in [2.45, 2.75) is 6.92 Å². The minimum Gasteiger partial charge on any atom is -0.496 e. The van der Waals surface area contributed by atoms with Gasteiger partial charge < -0.3 is 19.5 Å². The largest absolute Gasteiger partial charge is 0.496 e. The number of methoxy groups -OCH3 is 3. The van der Waals surface area contributed by atoms with E-state index in [-0.39, 0.29) is 5.91 Å². The van der Waals surface area contributed by atoms with Gasteiger partial charge in [0.25, 0.3) is 5.91 Å². The molecule has 0 aliphatic heterocycles. The van der Waals surface area contributed by atoms with Crippen LogP contribution in [-0.4, -0.2) is 27.2 Å². The number of halogens is 1. The summed E-state index contributed by atoms with van der Waals surface area (Å²) in [7, 11) is 4.50. The number of aryl methyl sites for hydroxylation is 1. The second-order valence-electron chi connectivity index (χ2n) is 4.84. The van der Waals surface area contributed by atoms with E-state index in [1.807, 2.05) is 13.0 Å². The van der Waals surface area contributed by atoms with Gasteiger partial charge in [-0.15, -0.1) is 0 Å². The molecule has 1 N–H and O–H groups in total. The van der Waals surface area contributed by atoms with Crippen LogP contribution in [0.25, 0.3) is 0 Å². The van der Waals surface area contributed by atoms with Crippen molar-refractivity contribution in [2.75, 3.05) is 26.6 Å². The molecule has 0 bridgehead atoms. The van der Waals surface area contributed by atoms with Crippen LogP contribution >= 0.6 is 11.6 Å². The summed E-state index contributed by atoms with van der Waals surface area (Å²) in [6.45, 7) is 1.93. The van der Waals surface area contributed by atoms with E-state index in [0.29, 0.717) is 33.5 Å². The standard InChI is InChI=1S/C17H18ClNO4/c1-10-5-6-13(12(18)7-10)19-17(20)11-8-15(22-3)16(23-4)9-14(11)21-2/h5-9H,1-4H3,(H,19,20). The van der Waals surface area contributed by atoms with Gasteiger partial charge in [-0.25, -0.2) is 0 Å². The minimum absolute atomic E-state index is 0.321. The van der Waals surface area contributed by atoms with E-state index in [9.17, 15) is 4.79 Å². The molecule has 0 fully saturated rings. The molecule has 122 valence electrons. The normalized spacial score (nSPS) is 10.1. The molecule has 2 aromatic rings. The fourth-order valence-electron chi connectivity index (χ4n) is 2.12. The fourth-order valence-corrected chi connectivity index (χ4v) is 2.40. The van der Waals surface area contributed by atoms with Crippen molar-refractivity contribution in [3.63, 3.8) is 0 Å². The van der Waals surface area contributed by atoms with Crippen LogP contribution < -0.4 is 19.5 Å². The van der Waals surface area contributed by atoms with E-state index in [4.69, 9.17) is 25.8 Å². The van der Waals surface area contributed by atoms with Crippen molar-refractivity contribution in [3.8, 4) is 17.2 Å². The van der Waals surface area contributed by atoms with Crippen LogP contribution in [0.3, 0.4) is 0 Å². The lowest BCUT2D eigenvalue weighted by molar-refractivity contribution is 0.102. The first-order chi connectivity index (χ1) is 11.0. The van der Waals surface area contributed by atoms with Crippen LogP contribution in [0, 0.1) is 6.92 Å². The number of anilines is 1. The Bertz CT molecular complexity index is 731. The van der Waals surface area contributed by atoms with E-state index < -0.39 is 0 Å². The maximum Gasteiger partial charge on any atom is 0.259 e. The Balaban J connectivity index is 2.38. The van der Waals surface area contributed by atoms with E-state index in [1.165, 1.54) is 21.3 Å². The minimum atomic E-state index is -0.353. The van der Waals surface area contributed by atoms with Gasteiger partial charge in [0.15, 0.2) is 11.5 Å². The van der Waals surface area contributed by atoms with Gasteiger partial charge in [-0.05, 0) is 24.6 Å². The molecule has 0 aliphatic rings. The topological polar surface area (TPSA) is 56.8 Å². The number of amides is 1. The van der Waals surface area contributed by atoms with E-state index in [1.54, 1.807) is 24.3 Å².